The molecule has 0 radical (unpaired) electrons. The van der Waals surface area contributed by atoms with Gasteiger partial charge in [-0.1, -0.05) is 0 Å². The second kappa shape index (κ2) is 9.42. The van der Waals surface area contributed by atoms with E-state index in [2.05, 4.69) is 49.7 Å². The standard InChI is InChI=1S/C20H25IN4O3/c1-24-6-8-25(9-7-24)19-10-14(4-5-22-19)13-23-20(26)15-11-17(27-2)18(28-3)12-16(15)21/h4-5,10-12H,6-9,13H2,1-3H3,(H,23,26). The summed E-state index contributed by atoms with van der Waals surface area (Å²) in [5.74, 6) is 1.95. The van der Waals surface area contributed by atoms with Crippen LogP contribution in [0.15, 0.2) is 30.5 Å². The van der Waals surface area contributed by atoms with Crippen LogP contribution in [0.2, 0.25) is 0 Å². The largest absolute Gasteiger partial charge is 0.493 e. The minimum Gasteiger partial charge on any atom is -0.493 e. The molecule has 1 fully saturated rings. The van der Waals surface area contributed by atoms with Gasteiger partial charge < -0.3 is 24.6 Å². The number of carbonyl (C=O) groups is 1. The summed E-state index contributed by atoms with van der Waals surface area (Å²) in [6.07, 6.45) is 1.80. The number of hydrogen-bond acceptors (Lipinski definition) is 6. The Hall–Kier alpha value is -2.07. The number of amides is 1. The predicted octanol–water partition coefficient (Wildman–Crippen LogP) is 2.39. The third-order valence-electron chi connectivity index (χ3n) is 4.81. The molecule has 1 aromatic carbocycles. The Labute approximate surface area is 179 Å². The summed E-state index contributed by atoms with van der Waals surface area (Å²) in [7, 11) is 5.27. The van der Waals surface area contributed by atoms with Crippen molar-refractivity contribution in [1.29, 1.82) is 0 Å². The van der Waals surface area contributed by atoms with Crippen LogP contribution in [0.5, 0.6) is 11.5 Å². The van der Waals surface area contributed by atoms with Crippen molar-refractivity contribution in [3.05, 3.63) is 45.2 Å². The van der Waals surface area contributed by atoms with Gasteiger partial charge in [0.2, 0.25) is 0 Å². The van der Waals surface area contributed by atoms with Crippen LogP contribution in [0.25, 0.3) is 0 Å². The van der Waals surface area contributed by atoms with Crippen LogP contribution in [0.4, 0.5) is 5.82 Å². The normalized spacial score (nSPS) is 14.6. The molecule has 1 aliphatic rings. The van der Waals surface area contributed by atoms with E-state index in [0.29, 0.717) is 23.6 Å². The number of benzene rings is 1. The molecule has 28 heavy (non-hydrogen) atoms. The summed E-state index contributed by atoms with van der Waals surface area (Å²) < 4.78 is 11.4. The Balaban J connectivity index is 1.67. The maximum Gasteiger partial charge on any atom is 0.252 e. The molecule has 2 heterocycles. The average molecular weight is 496 g/mol. The lowest BCUT2D eigenvalue weighted by Crippen LogP contribution is -2.44. The van der Waals surface area contributed by atoms with Gasteiger partial charge in [0.1, 0.15) is 5.82 Å². The summed E-state index contributed by atoms with van der Waals surface area (Å²) in [5, 5.41) is 2.99. The second-order valence-corrected chi connectivity index (χ2v) is 7.84. The van der Waals surface area contributed by atoms with Gasteiger partial charge in [0, 0.05) is 42.5 Å². The molecule has 0 unspecified atom stereocenters. The van der Waals surface area contributed by atoms with Crippen LogP contribution in [0, 0.1) is 3.57 Å². The van der Waals surface area contributed by atoms with E-state index >= 15 is 0 Å². The molecule has 3 rings (SSSR count). The van der Waals surface area contributed by atoms with E-state index in [4.69, 9.17) is 9.47 Å². The van der Waals surface area contributed by atoms with E-state index < -0.39 is 0 Å². The third kappa shape index (κ3) is 4.85. The molecule has 1 aromatic heterocycles. The molecular formula is C20H25IN4O3. The summed E-state index contributed by atoms with van der Waals surface area (Å²) in [4.78, 5) is 21.8. The number of halogens is 1. The van der Waals surface area contributed by atoms with Crippen molar-refractivity contribution >= 4 is 34.3 Å². The van der Waals surface area contributed by atoms with Crippen LogP contribution in [-0.4, -0.2) is 63.2 Å². The number of likely N-dealkylation sites (N-methyl/N-ethyl adjacent to an activating group) is 1. The minimum absolute atomic E-state index is 0.150. The molecule has 0 saturated carbocycles. The van der Waals surface area contributed by atoms with Gasteiger partial charge in [-0.25, -0.2) is 4.98 Å². The van der Waals surface area contributed by atoms with E-state index in [-0.39, 0.29) is 5.91 Å². The number of pyridine rings is 1. The molecule has 8 heteroatoms. The number of nitrogens with one attached hydrogen (secondary N) is 1. The van der Waals surface area contributed by atoms with Crippen LogP contribution >= 0.6 is 22.6 Å². The molecule has 2 aromatic rings. The van der Waals surface area contributed by atoms with Gasteiger partial charge in [-0.3, -0.25) is 4.79 Å². The molecule has 0 atom stereocenters. The highest BCUT2D eigenvalue weighted by Gasteiger charge is 2.17. The van der Waals surface area contributed by atoms with Gasteiger partial charge in [0.05, 0.1) is 19.8 Å². The quantitative estimate of drug-likeness (QED) is 0.620. The number of methoxy groups -OCH3 is 2. The van der Waals surface area contributed by atoms with Crippen molar-refractivity contribution in [1.82, 2.24) is 15.2 Å². The van der Waals surface area contributed by atoms with Crippen molar-refractivity contribution < 1.29 is 14.3 Å². The third-order valence-corrected chi connectivity index (χ3v) is 5.70. The second-order valence-electron chi connectivity index (χ2n) is 6.68. The molecule has 150 valence electrons. The fraction of sp³-hybridized carbons (Fsp3) is 0.400. The molecule has 7 nitrogen and oxygen atoms in total. The molecule has 1 saturated heterocycles. The fourth-order valence-corrected chi connectivity index (χ4v) is 3.77. The summed E-state index contributed by atoms with van der Waals surface area (Å²) >= 11 is 2.13. The van der Waals surface area contributed by atoms with Crippen molar-refractivity contribution in [2.75, 3.05) is 52.3 Å². The number of anilines is 1. The van der Waals surface area contributed by atoms with Crippen molar-refractivity contribution in [3.8, 4) is 11.5 Å². The van der Waals surface area contributed by atoms with Gasteiger partial charge in [0.25, 0.3) is 5.91 Å². The molecule has 0 bridgehead atoms. The van der Waals surface area contributed by atoms with E-state index in [9.17, 15) is 4.79 Å². The van der Waals surface area contributed by atoms with E-state index in [1.165, 1.54) is 0 Å². The smallest absolute Gasteiger partial charge is 0.252 e. The van der Waals surface area contributed by atoms with E-state index in [1.54, 1.807) is 32.5 Å². The Bertz CT molecular complexity index is 838. The highest BCUT2D eigenvalue weighted by molar-refractivity contribution is 14.1. The zero-order chi connectivity index (χ0) is 20.1. The summed E-state index contributed by atoms with van der Waals surface area (Å²) in [6, 6.07) is 7.48. The summed E-state index contributed by atoms with van der Waals surface area (Å²) in [5.41, 5.74) is 1.58. The van der Waals surface area contributed by atoms with Crippen molar-refractivity contribution in [2.45, 2.75) is 6.54 Å². The molecule has 0 aliphatic carbocycles. The van der Waals surface area contributed by atoms with Crippen molar-refractivity contribution in [3.63, 3.8) is 0 Å². The zero-order valence-electron chi connectivity index (χ0n) is 16.4. The first-order valence-corrected chi connectivity index (χ1v) is 10.2. The fourth-order valence-electron chi connectivity index (χ4n) is 3.08. The topological polar surface area (TPSA) is 66.9 Å². The number of aromatic nitrogens is 1. The molecule has 0 spiro atoms. The number of piperazine rings is 1. The maximum atomic E-state index is 12.7. The lowest BCUT2D eigenvalue weighted by atomic mass is 10.1. The van der Waals surface area contributed by atoms with Crippen LogP contribution in [0.3, 0.4) is 0 Å². The minimum atomic E-state index is -0.150. The Morgan fingerprint density at radius 1 is 1.14 bits per heavy atom. The van der Waals surface area contributed by atoms with Crippen molar-refractivity contribution in [2.24, 2.45) is 0 Å². The first-order chi connectivity index (χ1) is 13.5. The van der Waals surface area contributed by atoms with E-state index in [0.717, 1.165) is 41.1 Å². The molecule has 1 amide bonds. The highest BCUT2D eigenvalue weighted by Crippen LogP contribution is 2.31. The summed E-state index contributed by atoms with van der Waals surface area (Å²) in [6.45, 7) is 4.42. The van der Waals surface area contributed by atoms with Gasteiger partial charge in [0.15, 0.2) is 11.5 Å². The number of ether oxygens (including phenoxy) is 2. The Morgan fingerprint density at radius 3 is 2.50 bits per heavy atom. The van der Waals surface area contributed by atoms with Gasteiger partial charge >= 0.3 is 0 Å². The number of hydrogen-bond donors (Lipinski definition) is 1. The van der Waals surface area contributed by atoms with Crippen LogP contribution in [0.1, 0.15) is 15.9 Å². The average Bonchev–Trinajstić information content (AvgIpc) is 2.72. The molecular weight excluding hydrogens is 471 g/mol. The number of nitrogens with zero attached hydrogens (tertiary/aromatic N) is 3. The molecule has 1 N–H and O–H groups in total. The number of carbonyl (C=O) groups excluding carboxylic acids is 1. The first-order valence-electron chi connectivity index (χ1n) is 9.10. The zero-order valence-corrected chi connectivity index (χ0v) is 18.5. The van der Waals surface area contributed by atoms with E-state index in [1.807, 2.05) is 12.1 Å². The highest BCUT2D eigenvalue weighted by atomic mass is 127. The predicted molar refractivity (Wildman–Crippen MR) is 117 cm³/mol. The Kier molecular flexibility index (Phi) is 6.95. The van der Waals surface area contributed by atoms with Gasteiger partial charge in [-0.15, -0.1) is 0 Å². The Morgan fingerprint density at radius 2 is 1.82 bits per heavy atom. The van der Waals surface area contributed by atoms with Crippen LogP contribution in [-0.2, 0) is 6.54 Å². The monoisotopic (exact) mass is 496 g/mol. The molecule has 1 aliphatic heterocycles. The lowest BCUT2D eigenvalue weighted by molar-refractivity contribution is 0.0949. The lowest BCUT2D eigenvalue weighted by Gasteiger charge is -2.33. The first kappa shape index (κ1) is 20.7. The maximum absolute atomic E-state index is 12.7. The van der Waals surface area contributed by atoms with Crippen LogP contribution < -0.4 is 19.7 Å². The SMILES string of the molecule is COc1cc(I)c(C(=O)NCc2ccnc(N3CCN(C)CC3)c2)cc1OC. The number of rotatable bonds is 6. The van der Waals surface area contributed by atoms with Gasteiger partial charge in [-0.05, 0) is 59.5 Å². The van der Waals surface area contributed by atoms with Gasteiger partial charge in [-0.2, -0.15) is 0 Å².